The summed E-state index contributed by atoms with van der Waals surface area (Å²) in [6.07, 6.45) is -1.25. The number of anilines is 1. The SMILES string of the molecule is CC(C)c1ccccc1NC(=O)[C@@H](C)OC(=O)c1cc(S(N)(=O)=O)ccc1F. The van der Waals surface area contributed by atoms with Crippen molar-refractivity contribution in [3.63, 3.8) is 0 Å². The van der Waals surface area contributed by atoms with E-state index < -0.39 is 44.3 Å². The van der Waals surface area contributed by atoms with Gasteiger partial charge in [-0.05, 0) is 42.7 Å². The van der Waals surface area contributed by atoms with Crippen LogP contribution < -0.4 is 10.5 Å². The Hall–Kier alpha value is -2.78. The van der Waals surface area contributed by atoms with Gasteiger partial charge < -0.3 is 10.1 Å². The monoisotopic (exact) mass is 408 g/mol. The number of amides is 1. The number of carbonyl (C=O) groups is 2. The number of halogens is 1. The average molecular weight is 408 g/mol. The Labute approximate surface area is 162 Å². The molecular weight excluding hydrogens is 387 g/mol. The molecule has 1 atom stereocenters. The Morgan fingerprint density at radius 1 is 1.11 bits per heavy atom. The van der Waals surface area contributed by atoms with E-state index in [4.69, 9.17) is 9.88 Å². The van der Waals surface area contributed by atoms with Crippen LogP contribution in [0.3, 0.4) is 0 Å². The third-order valence-electron chi connectivity index (χ3n) is 3.98. The van der Waals surface area contributed by atoms with Crippen molar-refractivity contribution in [2.45, 2.75) is 37.7 Å². The topological polar surface area (TPSA) is 116 Å². The summed E-state index contributed by atoms with van der Waals surface area (Å²) in [4.78, 5) is 24.1. The van der Waals surface area contributed by atoms with E-state index in [0.29, 0.717) is 5.69 Å². The molecule has 0 spiro atoms. The van der Waals surface area contributed by atoms with E-state index in [1.165, 1.54) is 6.92 Å². The standard InChI is InChI=1S/C19H21FN2O5S/c1-11(2)14-6-4-5-7-17(14)22-18(23)12(3)27-19(24)15-10-13(28(21,25)26)8-9-16(15)20/h4-12H,1-3H3,(H,22,23)(H2,21,25,26)/t12-/m1/s1. The maximum absolute atomic E-state index is 13.9. The van der Waals surface area contributed by atoms with Crippen molar-refractivity contribution in [2.24, 2.45) is 5.14 Å². The molecular formula is C19H21FN2O5S. The Morgan fingerprint density at radius 3 is 2.36 bits per heavy atom. The second kappa shape index (κ2) is 8.49. The number of hydrogen-bond acceptors (Lipinski definition) is 5. The molecule has 2 aromatic rings. The molecule has 7 nitrogen and oxygen atoms in total. The van der Waals surface area contributed by atoms with Gasteiger partial charge in [-0.3, -0.25) is 4.79 Å². The van der Waals surface area contributed by atoms with Crippen molar-refractivity contribution in [3.8, 4) is 0 Å². The molecule has 0 aliphatic heterocycles. The summed E-state index contributed by atoms with van der Waals surface area (Å²) in [6, 6.07) is 9.68. The molecule has 0 bridgehead atoms. The van der Waals surface area contributed by atoms with Crippen molar-refractivity contribution < 1.29 is 27.1 Å². The fourth-order valence-electron chi connectivity index (χ4n) is 2.46. The van der Waals surface area contributed by atoms with Gasteiger partial charge in [0.2, 0.25) is 10.0 Å². The molecule has 0 unspecified atom stereocenters. The number of nitrogens with one attached hydrogen (secondary N) is 1. The van der Waals surface area contributed by atoms with Gasteiger partial charge in [0, 0.05) is 5.69 Å². The third kappa shape index (κ3) is 5.14. The molecule has 0 saturated carbocycles. The number of primary sulfonamides is 1. The van der Waals surface area contributed by atoms with Gasteiger partial charge in [-0.25, -0.2) is 22.7 Å². The van der Waals surface area contributed by atoms with Crippen LogP contribution in [0.25, 0.3) is 0 Å². The fraction of sp³-hybridized carbons (Fsp3) is 0.263. The number of ether oxygens (including phenoxy) is 1. The maximum atomic E-state index is 13.9. The smallest absolute Gasteiger partial charge is 0.341 e. The van der Waals surface area contributed by atoms with Gasteiger partial charge in [0.15, 0.2) is 6.10 Å². The van der Waals surface area contributed by atoms with E-state index in [1.807, 2.05) is 26.0 Å². The van der Waals surface area contributed by atoms with E-state index in [1.54, 1.807) is 12.1 Å². The summed E-state index contributed by atoms with van der Waals surface area (Å²) in [5, 5.41) is 7.66. The average Bonchev–Trinajstić information content (AvgIpc) is 2.61. The summed E-state index contributed by atoms with van der Waals surface area (Å²) in [5.41, 5.74) is 0.850. The normalized spacial score (nSPS) is 12.5. The number of benzene rings is 2. The molecule has 0 fully saturated rings. The minimum atomic E-state index is -4.13. The number of sulfonamides is 1. The highest BCUT2D eigenvalue weighted by atomic mass is 32.2. The van der Waals surface area contributed by atoms with E-state index >= 15 is 0 Å². The first-order chi connectivity index (χ1) is 13.0. The molecule has 0 radical (unpaired) electrons. The van der Waals surface area contributed by atoms with Crippen LogP contribution in [0.15, 0.2) is 47.4 Å². The van der Waals surface area contributed by atoms with Crippen LogP contribution in [0.5, 0.6) is 0 Å². The van der Waals surface area contributed by atoms with Crippen LogP contribution in [-0.4, -0.2) is 26.4 Å². The van der Waals surface area contributed by atoms with Crippen molar-refractivity contribution >= 4 is 27.6 Å². The lowest BCUT2D eigenvalue weighted by atomic mass is 10.0. The second-order valence-electron chi connectivity index (χ2n) is 6.47. The van der Waals surface area contributed by atoms with Crippen LogP contribution >= 0.6 is 0 Å². The van der Waals surface area contributed by atoms with Gasteiger partial charge in [0.05, 0.1) is 10.5 Å². The molecule has 1 amide bonds. The molecule has 0 heterocycles. The Bertz CT molecular complexity index is 1010. The number of para-hydroxylation sites is 1. The van der Waals surface area contributed by atoms with E-state index in [-0.39, 0.29) is 5.92 Å². The highest BCUT2D eigenvalue weighted by Crippen LogP contribution is 2.24. The number of hydrogen-bond donors (Lipinski definition) is 2. The lowest BCUT2D eigenvalue weighted by Crippen LogP contribution is -2.30. The highest BCUT2D eigenvalue weighted by molar-refractivity contribution is 7.89. The first kappa shape index (κ1) is 21.5. The minimum absolute atomic E-state index is 0.157. The van der Waals surface area contributed by atoms with Crippen molar-refractivity contribution in [2.75, 3.05) is 5.32 Å². The molecule has 150 valence electrons. The summed E-state index contributed by atoms with van der Waals surface area (Å²) in [6.45, 7) is 5.26. The van der Waals surface area contributed by atoms with Gasteiger partial charge in [0.1, 0.15) is 5.82 Å². The number of rotatable bonds is 6. The first-order valence-electron chi connectivity index (χ1n) is 8.44. The van der Waals surface area contributed by atoms with Gasteiger partial charge in [-0.1, -0.05) is 32.0 Å². The number of esters is 1. The van der Waals surface area contributed by atoms with Crippen LogP contribution in [0.1, 0.15) is 42.6 Å². The molecule has 2 aromatic carbocycles. The van der Waals surface area contributed by atoms with Crippen molar-refractivity contribution in [3.05, 3.63) is 59.4 Å². The van der Waals surface area contributed by atoms with Crippen molar-refractivity contribution in [1.82, 2.24) is 0 Å². The molecule has 0 aliphatic carbocycles. The van der Waals surface area contributed by atoms with Crippen LogP contribution in [-0.2, 0) is 19.6 Å². The highest BCUT2D eigenvalue weighted by Gasteiger charge is 2.23. The number of carbonyl (C=O) groups excluding carboxylic acids is 2. The molecule has 2 rings (SSSR count). The first-order valence-corrected chi connectivity index (χ1v) is 9.98. The zero-order valence-electron chi connectivity index (χ0n) is 15.6. The molecule has 9 heteroatoms. The minimum Gasteiger partial charge on any atom is -0.449 e. The van der Waals surface area contributed by atoms with Gasteiger partial charge in [0.25, 0.3) is 5.91 Å². The van der Waals surface area contributed by atoms with Gasteiger partial charge in [-0.15, -0.1) is 0 Å². The van der Waals surface area contributed by atoms with Gasteiger partial charge in [-0.2, -0.15) is 0 Å². The largest absolute Gasteiger partial charge is 0.449 e. The predicted molar refractivity (Wildman–Crippen MR) is 102 cm³/mol. The van der Waals surface area contributed by atoms with E-state index in [0.717, 1.165) is 23.8 Å². The van der Waals surface area contributed by atoms with E-state index in [2.05, 4.69) is 5.32 Å². The summed E-state index contributed by atoms with van der Waals surface area (Å²) in [7, 11) is -4.13. The third-order valence-corrected chi connectivity index (χ3v) is 4.89. The zero-order valence-corrected chi connectivity index (χ0v) is 16.4. The molecule has 0 aromatic heterocycles. The Kier molecular flexibility index (Phi) is 6.52. The van der Waals surface area contributed by atoms with E-state index in [9.17, 15) is 22.4 Å². The summed E-state index contributed by atoms with van der Waals surface area (Å²) < 4.78 is 41.7. The van der Waals surface area contributed by atoms with Crippen LogP contribution in [0.4, 0.5) is 10.1 Å². The second-order valence-corrected chi connectivity index (χ2v) is 8.03. The molecule has 3 N–H and O–H groups in total. The van der Waals surface area contributed by atoms with Crippen LogP contribution in [0.2, 0.25) is 0 Å². The zero-order chi connectivity index (χ0) is 21.1. The van der Waals surface area contributed by atoms with Crippen molar-refractivity contribution in [1.29, 1.82) is 0 Å². The molecule has 28 heavy (non-hydrogen) atoms. The predicted octanol–water partition coefficient (Wildman–Crippen LogP) is 2.78. The maximum Gasteiger partial charge on any atom is 0.341 e. The van der Waals surface area contributed by atoms with Crippen LogP contribution in [0, 0.1) is 5.82 Å². The lowest BCUT2D eigenvalue weighted by molar-refractivity contribution is -0.123. The molecule has 0 saturated heterocycles. The number of nitrogens with two attached hydrogens (primary N) is 1. The summed E-state index contributed by atoms with van der Waals surface area (Å²) in [5.74, 6) is -2.62. The Balaban J connectivity index is 2.16. The summed E-state index contributed by atoms with van der Waals surface area (Å²) >= 11 is 0. The Morgan fingerprint density at radius 2 is 1.75 bits per heavy atom. The quantitative estimate of drug-likeness (QED) is 0.713. The molecule has 0 aliphatic rings. The van der Waals surface area contributed by atoms with Gasteiger partial charge >= 0.3 is 5.97 Å². The lowest BCUT2D eigenvalue weighted by Gasteiger charge is -2.17. The fourth-order valence-corrected chi connectivity index (χ4v) is 3.00.